The summed E-state index contributed by atoms with van der Waals surface area (Å²) in [5.41, 5.74) is 7.43. The van der Waals surface area contributed by atoms with Gasteiger partial charge in [0.25, 0.3) is 0 Å². The number of nitrogens with zero attached hydrogens (tertiary/aromatic N) is 1. The molecule has 134 valence electrons. The second-order valence-corrected chi connectivity index (χ2v) is 7.55. The highest BCUT2D eigenvalue weighted by Crippen LogP contribution is 2.40. The molecule has 0 aliphatic rings. The Balaban J connectivity index is 2.66. The summed E-state index contributed by atoms with van der Waals surface area (Å²) in [6, 6.07) is 11.0. The van der Waals surface area contributed by atoms with E-state index in [2.05, 4.69) is 77.4 Å². The van der Waals surface area contributed by atoms with Crippen molar-refractivity contribution in [3.05, 3.63) is 59.8 Å². The molecule has 1 heterocycles. The first-order chi connectivity index (χ1) is 11.9. The van der Waals surface area contributed by atoms with E-state index in [1.807, 2.05) is 12.3 Å². The van der Waals surface area contributed by atoms with Gasteiger partial charge < -0.3 is 0 Å². The van der Waals surface area contributed by atoms with Crippen molar-refractivity contribution < 1.29 is 0 Å². The number of aromatic nitrogens is 1. The predicted molar refractivity (Wildman–Crippen MR) is 111 cm³/mol. The molecule has 1 aromatic carbocycles. The summed E-state index contributed by atoms with van der Waals surface area (Å²) in [6.45, 7) is 17.9. The van der Waals surface area contributed by atoms with Crippen molar-refractivity contribution in [2.24, 2.45) is 11.8 Å². The molecule has 2 unspecified atom stereocenters. The Labute approximate surface area is 154 Å². The monoisotopic (exact) mass is 335 g/mol. The topological polar surface area (TPSA) is 12.9 Å². The number of hydrogen-bond donors (Lipinski definition) is 0. The molecule has 2 atom stereocenters. The average molecular weight is 336 g/mol. The zero-order valence-electron chi connectivity index (χ0n) is 16.8. The largest absolute Gasteiger partial charge is 0.256 e. The molecule has 0 saturated carbocycles. The molecule has 2 rings (SSSR count). The quantitative estimate of drug-likeness (QED) is 0.518. The molecule has 0 radical (unpaired) electrons. The summed E-state index contributed by atoms with van der Waals surface area (Å²) in [4.78, 5) is 4.63. The van der Waals surface area contributed by atoms with Gasteiger partial charge in [0.2, 0.25) is 0 Å². The van der Waals surface area contributed by atoms with Gasteiger partial charge in [-0.05, 0) is 60.4 Å². The summed E-state index contributed by atoms with van der Waals surface area (Å²) < 4.78 is 0. The Morgan fingerprint density at radius 2 is 1.72 bits per heavy atom. The lowest BCUT2D eigenvalue weighted by Crippen LogP contribution is -2.18. The maximum Gasteiger partial charge on any atom is 0.0731 e. The van der Waals surface area contributed by atoms with Crippen LogP contribution in [0.4, 0.5) is 0 Å². The predicted octanol–water partition coefficient (Wildman–Crippen LogP) is 7.27. The number of pyridine rings is 1. The molecule has 0 saturated heterocycles. The van der Waals surface area contributed by atoms with E-state index in [1.165, 1.54) is 35.1 Å². The molecule has 1 nitrogen and oxygen atoms in total. The fourth-order valence-corrected chi connectivity index (χ4v) is 3.84. The molecule has 0 aliphatic carbocycles. The van der Waals surface area contributed by atoms with Crippen molar-refractivity contribution >= 4 is 5.57 Å². The number of benzene rings is 1. The van der Waals surface area contributed by atoms with Gasteiger partial charge in [0.15, 0.2) is 0 Å². The van der Waals surface area contributed by atoms with Crippen molar-refractivity contribution in [3.63, 3.8) is 0 Å². The van der Waals surface area contributed by atoms with Gasteiger partial charge in [-0.1, -0.05) is 70.9 Å². The van der Waals surface area contributed by atoms with E-state index in [-0.39, 0.29) is 0 Å². The first-order valence-corrected chi connectivity index (χ1v) is 9.62. The van der Waals surface area contributed by atoms with E-state index in [0.29, 0.717) is 17.8 Å². The second kappa shape index (κ2) is 8.47. The highest BCUT2D eigenvalue weighted by Gasteiger charge is 2.26. The van der Waals surface area contributed by atoms with Crippen LogP contribution in [-0.2, 0) is 0 Å². The minimum Gasteiger partial charge on any atom is -0.256 e. The van der Waals surface area contributed by atoms with Crippen LogP contribution in [0.2, 0.25) is 0 Å². The Morgan fingerprint density at radius 1 is 1.08 bits per heavy atom. The van der Waals surface area contributed by atoms with Gasteiger partial charge in [0.1, 0.15) is 0 Å². The van der Waals surface area contributed by atoms with Crippen LogP contribution < -0.4 is 0 Å². The summed E-state index contributed by atoms with van der Waals surface area (Å²) >= 11 is 0. The maximum absolute atomic E-state index is 4.63. The molecule has 1 aromatic heterocycles. The van der Waals surface area contributed by atoms with E-state index in [4.69, 9.17) is 0 Å². The lowest BCUT2D eigenvalue weighted by molar-refractivity contribution is 0.329. The normalized spacial score (nSPS) is 14.8. The molecule has 0 amide bonds. The number of rotatable bonds is 7. The molecule has 25 heavy (non-hydrogen) atoms. The molecule has 0 fully saturated rings. The van der Waals surface area contributed by atoms with Gasteiger partial charge in [-0.15, -0.1) is 0 Å². The minimum absolute atomic E-state index is 0.547. The lowest BCUT2D eigenvalue weighted by Gasteiger charge is -2.31. The van der Waals surface area contributed by atoms with Gasteiger partial charge in [0.05, 0.1) is 5.69 Å². The lowest BCUT2D eigenvalue weighted by atomic mass is 9.73. The average Bonchev–Trinajstić information content (AvgIpc) is 2.61. The first kappa shape index (κ1) is 19.4. The van der Waals surface area contributed by atoms with Crippen LogP contribution in [0, 0.1) is 18.8 Å². The third kappa shape index (κ3) is 4.21. The number of allylic oxidation sites excluding steroid dienone is 1. The Kier molecular flexibility index (Phi) is 6.58. The maximum atomic E-state index is 4.63. The standard InChI is InChI=1S/C24H33N/c1-8-17(5)23(18(6)9-2)22-15-20(12-13-21(22)16(3)4)24-19(7)11-10-14-25-24/h10-15,17-18,23H,3,8-9H2,1-2,4-7H3. The van der Waals surface area contributed by atoms with Crippen molar-refractivity contribution in [3.8, 4) is 11.3 Å². The van der Waals surface area contributed by atoms with Crippen molar-refractivity contribution in [2.75, 3.05) is 0 Å². The molecule has 0 aliphatic heterocycles. The number of aryl methyl sites for hydroxylation is 1. The third-order valence-electron chi connectivity index (χ3n) is 5.67. The Hall–Kier alpha value is -1.89. The second-order valence-electron chi connectivity index (χ2n) is 7.55. The van der Waals surface area contributed by atoms with Crippen molar-refractivity contribution in [2.45, 2.75) is 60.3 Å². The molecule has 0 spiro atoms. The Morgan fingerprint density at radius 3 is 2.24 bits per heavy atom. The smallest absolute Gasteiger partial charge is 0.0731 e. The molecular weight excluding hydrogens is 302 g/mol. The van der Waals surface area contributed by atoms with E-state index in [0.717, 1.165) is 11.3 Å². The highest BCUT2D eigenvalue weighted by molar-refractivity contribution is 5.71. The molecule has 1 heteroatoms. The van der Waals surface area contributed by atoms with E-state index in [9.17, 15) is 0 Å². The third-order valence-corrected chi connectivity index (χ3v) is 5.67. The van der Waals surface area contributed by atoms with Crippen molar-refractivity contribution in [1.29, 1.82) is 0 Å². The van der Waals surface area contributed by atoms with Crippen LogP contribution in [-0.4, -0.2) is 4.98 Å². The zero-order chi connectivity index (χ0) is 18.6. The van der Waals surface area contributed by atoms with Crippen LogP contribution >= 0.6 is 0 Å². The van der Waals surface area contributed by atoms with Gasteiger partial charge in [-0.3, -0.25) is 4.98 Å². The van der Waals surface area contributed by atoms with Crippen molar-refractivity contribution in [1.82, 2.24) is 4.98 Å². The molecule has 0 N–H and O–H groups in total. The fraction of sp³-hybridized carbons (Fsp3) is 0.458. The van der Waals surface area contributed by atoms with E-state index in [1.54, 1.807) is 0 Å². The van der Waals surface area contributed by atoms with Gasteiger partial charge >= 0.3 is 0 Å². The van der Waals surface area contributed by atoms with Gasteiger partial charge in [0, 0.05) is 11.8 Å². The van der Waals surface area contributed by atoms with Gasteiger partial charge in [-0.25, -0.2) is 0 Å². The highest BCUT2D eigenvalue weighted by atomic mass is 14.7. The summed E-state index contributed by atoms with van der Waals surface area (Å²) in [6.07, 6.45) is 4.27. The summed E-state index contributed by atoms with van der Waals surface area (Å²) in [5, 5.41) is 0. The Bertz CT molecular complexity index is 719. The van der Waals surface area contributed by atoms with E-state index < -0.39 is 0 Å². The number of hydrogen-bond acceptors (Lipinski definition) is 1. The van der Waals surface area contributed by atoms with Gasteiger partial charge in [-0.2, -0.15) is 0 Å². The van der Waals surface area contributed by atoms with Crippen LogP contribution in [0.1, 0.15) is 70.1 Å². The van der Waals surface area contributed by atoms with Crippen LogP contribution in [0.25, 0.3) is 16.8 Å². The SMILES string of the molecule is C=C(C)c1ccc(-c2ncccc2C)cc1C(C(C)CC)C(C)CC. The first-order valence-electron chi connectivity index (χ1n) is 9.62. The molecular formula is C24H33N. The van der Waals surface area contributed by atoms with Crippen LogP contribution in [0.5, 0.6) is 0 Å². The zero-order valence-corrected chi connectivity index (χ0v) is 16.8. The minimum atomic E-state index is 0.547. The molecule has 2 aromatic rings. The van der Waals surface area contributed by atoms with Crippen LogP contribution in [0.3, 0.4) is 0 Å². The summed E-state index contributed by atoms with van der Waals surface area (Å²) in [7, 11) is 0. The van der Waals surface area contributed by atoms with E-state index >= 15 is 0 Å². The summed E-state index contributed by atoms with van der Waals surface area (Å²) in [5.74, 6) is 1.84. The molecule has 0 bridgehead atoms. The van der Waals surface area contributed by atoms with Crippen LogP contribution in [0.15, 0.2) is 43.1 Å². The fourth-order valence-electron chi connectivity index (χ4n) is 3.84.